The van der Waals surface area contributed by atoms with E-state index in [2.05, 4.69) is 11.8 Å². The van der Waals surface area contributed by atoms with Gasteiger partial charge < -0.3 is 10.6 Å². The highest BCUT2D eigenvalue weighted by Gasteiger charge is 2.36. The molecule has 3 rings (SSSR count). The van der Waals surface area contributed by atoms with Crippen LogP contribution in [0.25, 0.3) is 0 Å². The molecule has 5 heteroatoms. The van der Waals surface area contributed by atoms with Crippen LogP contribution in [0.1, 0.15) is 30.1 Å². The van der Waals surface area contributed by atoms with Crippen LogP contribution in [-0.4, -0.2) is 47.4 Å². The zero-order valence-corrected chi connectivity index (χ0v) is 11.7. The van der Waals surface area contributed by atoms with E-state index in [1.54, 1.807) is 6.07 Å². The van der Waals surface area contributed by atoms with Gasteiger partial charge in [0.15, 0.2) is 0 Å². The lowest BCUT2D eigenvalue weighted by atomic mass is 10.1. The van der Waals surface area contributed by atoms with E-state index < -0.39 is 5.82 Å². The maximum Gasteiger partial charge on any atom is 0.254 e. The molecule has 20 heavy (non-hydrogen) atoms. The van der Waals surface area contributed by atoms with E-state index >= 15 is 0 Å². The molecule has 2 saturated heterocycles. The molecule has 1 amide bonds. The standard InChI is InChI=1S/C15H20FN3O/c1-10-8-18-6-2-3-12(18)9-19(10)15(20)11-4-5-14(17)13(16)7-11/h4-5,7,10,12H,2-3,6,8-9,17H2,1H3. The molecule has 2 fully saturated rings. The molecule has 0 radical (unpaired) electrons. The second-order valence-corrected chi connectivity index (χ2v) is 5.83. The van der Waals surface area contributed by atoms with Crippen LogP contribution in [0.3, 0.4) is 0 Å². The van der Waals surface area contributed by atoms with Crippen molar-refractivity contribution >= 4 is 11.6 Å². The van der Waals surface area contributed by atoms with Crippen molar-refractivity contribution in [3.8, 4) is 0 Å². The Morgan fingerprint density at radius 2 is 2.20 bits per heavy atom. The molecule has 1 aromatic carbocycles. The predicted octanol–water partition coefficient (Wildman–Crippen LogP) is 1.72. The fourth-order valence-electron chi connectivity index (χ4n) is 3.30. The first-order valence-electron chi connectivity index (χ1n) is 7.16. The van der Waals surface area contributed by atoms with Crippen molar-refractivity contribution in [1.82, 2.24) is 9.80 Å². The minimum absolute atomic E-state index is 0.0789. The molecule has 1 aromatic rings. The molecule has 0 aromatic heterocycles. The summed E-state index contributed by atoms with van der Waals surface area (Å²) in [6.45, 7) is 4.84. The summed E-state index contributed by atoms with van der Waals surface area (Å²) >= 11 is 0. The molecule has 0 spiro atoms. The average Bonchev–Trinajstić information content (AvgIpc) is 2.87. The van der Waals surface area contributed by atoms with Gasteiger partial charge in [-0.2, -0.15) is 0 Å². The Kier molecular flexibility index (Phi) is 3.38. The van der Waals surface area contributed by atoms with E-state index in [-0.39, 0.29) is 17.6 Å². The largest absolute Gasteiger partial charge is 0.396 e. The zero-order valence-electron chi connectivity index (χ0n) is 11.7. The number of piperazine rings is 1. The molecule has 0 bridgehead atoms. The van der Waals surface area contributed by atoms with Crippen molar-refractivity contribution in [3.05, 3.63) is 29.6 Å². The Morgan fingerprint density at radius 1 is 1.40 bits per heavy atom. The van der Waals surface area contributed by atoms with Crippen LogP contribution in [0, 0.1) is 5.82 Å². The number of carbonyl (C=O) groups is 1. The lowest BCUT2D eigenvalue weighted by Gasteiger charge is -2.42. The number of benzene rings is 1. The first kappa shape index (κ1) is 13.4. The molecule has 2 heterocycles. The smallest absolute Gasteiger partial charge is 0.254 e. The maximum absolute atomic E-state index is 13.5. The van der Waals surface area contributed by atoms with E-state index in [1.165, 1.54) is 18.6 Å². The van der Waals surface area contributed by atoms with Gasteiger partial charge in [0.05, 0.1) is 5.69 Å². The number of anilines is 1. The van der Waals surface area contributed by atoms with Gasteiger partial charge in [-0.3, -0.25) is 9.69 Å². The number of hydrogen-bond donors (Lipinski definition) is 1. The summed E-state index contributed by atoms with van der Waals surface area (Å²) in [6.07, 6.45) is 2.35. The van der Waals surface area contributed by atoms with E-state index in [0.717, 1.165) is 26.1 Å². The van der Waals surface area contributed by atoms with Crippen LogP contribution in [0.2, 0.25) is 0 Å². The molecule has 108 valence electrons. The van der Waals surface area contributed by atoms with Gasteiger partial charge in [-0.25, -0.2) is 4.39 Å². The Morgan fingerprint density at radius 3 is 2.95 bits per heavy atom. The number of carbonyl (C=O) groups excluding carboxylic acids is 1. The quantitative estimate of drug-likeness (QED) is 0.795. The highest BCUT2D eigenvalue weighted by molar-refractivity contribution is 5.95. The van der Waals surface area contributed by atoms with Crippen LogP contribution < -0.4 is 5.73 Å². The first-order chi connectivity index (χ1) is 9.56. The molecule has 2 aliphatic heterocycles. The van der Waals surface area contributed by atoms with Gasteiger partial charge >= 0.3 is 0 Å². The van der Waals surface area contributed by atoms with Crippen LogP contribution in [0.4, 0.5) is 10.1 Å². The number of hydrogen-bond acceptors (Lipinski definition) is 3. The molecular formula is C15H20FN3O. The lowest BCUT2D eigenvalue weighted by molar-refractivity contribution is 0.0395. The lowest BCUT2D eigenvalue weighted by Crippen LogP contribution is -2.56. The Labute approximate surface area is 118 Å². The molecule has 4 nitrogen and oxygen atoms in total. The van der Waals surface area contributed by atoms with Crippen molar-refractivity contribution in [1.29, 1.82) is 0 Å². The number of fused-ring (bicyclic) bond motifs is 1. The third-order valence-corrected chi connectivity index (χ3v) is 4.45. The van der Waals surface area contributed by atoms with Gasteiger partial charge in [0.25, 0.3) is 5.91 Å². The van der Waals surface area contributed by atoms with Crippen LogP contribution in [0.15, 0.2) is 18.2 Å². The normalized spacial score (nSPS) is 26.6. The molecule has 2 unspecified atom stereocenters. The summed E-state index contributed by atoms with van der Waals surface area (Å²) < 4.78 is 13.5. The zero-order chi connectivity index (χ0) is 14.3. The van der Waals surface area contributed by atoms with Gasteiger partial charge in [-0.15, -0.1) is 0 Å². The van der Waals surface area contributed by atoms with E-state index in [0.29, 0.717) is 11.6 Å². The summed E-state index contributed by atoms with van der Waals surface area (Å²) in [6, 6.07) is 4.94. The first-order valence-corrected chi connectivity index (χ1v) is 7.16. The second kappa shape index (κ2) is 5.05. The number of nitrogen functional groups attached to an aromatic ring is 1. The molecule has 0 aliphatic carbocycles. The number of amides is 1. The van der Waals surface area contributed by atoms with Crippen LogP contribution in [-0.2, 0) is 0 Å². The molecule has 2 aliphatic rings. The van der Waals surface area contributed by atoms with Crippen molar-refractivity contribution in [2.75, 3.05) is 25.4 Å². The monoisotopic (exact) mass is 277 g/mol. The highest BCUT2D eigenvalue weighted by atomic mass is 19.1. The number of nitrogens with zero attached hydrogens (tertiary/aromatic N) is 2. The minimum Gasteiger partial charge on any atom is -0.396 e. The van der Waals surface area contributed by atoms with Crippen LogP contribution in [0.5, 0.6) is 0 Å². The van der Waals surface area contributed by atoms with Gasteiger partial charge in [-0.05, 0) is 44.5 Å². The summed E-state index contributed by atoms with van der Waals surface area (Å²) in [7, 11) is 0. The summed E-state index contributed by atoms with van der Waals surface area (Å²) in [5, 5.41) is 0. The predicted molar refractivity (Wildman–Crippen MR) is 75.9 cm³/mol. The SMILES string of the molecule is CC1CN2CCCC2CN1C(=O)c1ccc(N)c(F)c1. The van der Waals surface area contributed by atoms with Crippen LogP contribution >= 0.6 is 0 Å². The summed E-state index contributed by atoms with van der Waals surface area (Å²) in [5.41, 5.74) is 5.92. The minimum atomic E-state index is -0.525. The van der Waals surface area contributed by atoms with Crippen molar-refractivity contribution in [2.24, 2.45) is 0 Å². The van der Waals surface area contributed by atoms with E-state index in [9.17, 15) is 9.18 Å². The van der Waals surface area contributed by atoms with Gasteiger partial charge in [0.2, 0.25) is 0 Å². The second-order valence-electron chi connectivity index (χ2n) is 5.83. The number of halogens is 1. The average molecular weight is 277 g/mol. The summed E-state index contributed by atoms with van der Waals surface area (Å²) in [4.78, 5) is 16.9. The highest BCUT2D eigenvalue weighted by Crippen LogP contribution is 2.26. The van der Waals surface area contributed by atoms with E-state index in [1.807, 2.05) is 4.90 Å². The Hall–Kier alpha value is -1.62. The molecule has 2 atom stereocenters. The molecule has 2 N–H and O–H groups in total. The fourth-order valence-corrected chi connectivity index (χ4v) is 3.30. The van der Waals surface area contributed by atoms with Gasteiger partial charge in [0, 0.05) is 30.7 Å². The van der Waals surface area contributed by atoms with E-state index in [4.69, 9.17) is 5.73 Å². The third-order valence-electron chi connectivity index (χ3n) is 4.45. The Bertz CT molecular complexity index is 534. The third kappa shape index (κ3) is 2.26. The number of rotatable bonds is 1. The topological polar surface area (TPSA) is 49.6 Å². The van der Waals surface area contributed by atoms with Gasteiger partial charge in [-0.1, -0.05) is 0 Å². The summed E-state index contributed by atoms with van der Waals surface area (Å²) in [5.74, 6) is -0.619. The van der Waals surface area contributed by atoms with Gasteiger partial charge in [0.1, 0.15) is 5.82 Å². The van der Waals surface area contributed by atoms with Crippen molar-refractivity contribution < 1.29 is 9.18 Å². The van der Waals surface area contributed by atoms with Crippen molar-refractivity contribution in [3.63, 3.8) is 0 Å². The maximum atomic E-state index is 13.5. The Balaban J connectivity index is 1.80. The number of nitrogens with two attached hydrogens (primary N) is 1. The van der Waals surface area contributed by atoms with Crippen molar-refractivity contribution in [2.45, 2.75) is 31.8 Å². The molecule has 0 saturated carbocycles. The fraction of sp³-hybridized carbons (Fsp3) is 0.533. The molecular weight excluding hydrogens is 257 g/mol.